The van der Waals surface area contributed by atoms with Crippen LogP contribution in [0.25, 0.3) is 0 Å². The third-order valence-electron chi connectivity index (χ3n) is 3.29. The van der Waals surface area contributed by atoms with Gasteiger partial charge in [-0.1, -0.05) is 12.1 Å². The lowest BCUT2D eigenvalue weighted by molar-refractivity contribution is -0.163. The summed E-state index contributed by atoms with van der Waals surface area (Å²) in [4.78, 5) is 11.9. The minimum absolute atomic E-state index is 0.173. The summed E-state index contributed by atoms with van der Waals surface area (Å²) in [6.07, 6.45) is 3.21. The van der Waals surface area contributed by atoms with Gasteiger partial charge in [0.15, 0.2) is 6.10 Å². The summed E-state index contributed by atoms with van der Waals surface area (Å²) < 4.78 is 10.8. The van der Waals surface area contributed by atoms with Crippen LogP contribution in [0, 0.1) is 0 Å². The summed E-state index contributed by atoms with van der Waals surface area (Å²) in [6.45, 7) is 2.13. The largest absolute Gasteiger partial charge is 0.508 e. The summed E-state index contributed by atoms with van der Waals surface area (Å²) >= 11 is 0. The predicted octanol–water partition coefficient (Wildman–Crippen LogP) is 2.44. The molecule has 1 aromatic carbocycles. The molecule has 0 heterocycles. The Morgan fingerprint density at radius 1 is 1.47 bits per heavy atom. The molecule has 19 heavy (non-hydrogen) atoms. The molecule has 4 heteroatoms. The fourth-order valence-electron chi connectivity index (χ4n) is 2.06. The molecule has 0 saturated heterocycles. The highest BCUT2D eigenvalue weighted by molar-refractivity contribution is 5.75. The zero-order chi connectivity index (χ0) is 13.7. The third kappa shape index (κ3) is 3.96. The minimum Gasteiger partial charge on any atom is -0.508 e. The molecular formula is C15H20O4. The molecule has 0 bridgehead atoms. The molecule has 1 aliphatic carbocycles. The van der Waals surface area contributed by atoms with Gasteiger partial charge in [-0.3, -0.25) is 0 Å². The third-order valence-corrected chi connectivity index (χ3v) is 3.29. The van der Waals surface area contributed by atoms with E-state index in [9.17, 15) is 9.90 Å². The smallest absolute Gasteiger partial charge is 0.335 e. The molecule has 2 rings (SSSR count). The number of rotatable bonds is 6. The molecule has 0 aromatic heterocycles. The highest BCUT2D eigenvalue weighted by atomic mass is 16.6. The second-order valence-corrected chi connectivity index (χ2v) is 4.80. The molecule has 0 amide bonds. The van der Waals surface area contributed by atoms with E-state index in [0.29, 0.717) is 13.0 Å². The van der Waals surface area contributed by atoms with Gasteiger partial charge in [-0.2, -0.15) is 0 Å². The van der Waals surface area contributed by atoms with Crippen LogP contribution >= 0.6 is 0 Å². The normalized spacial score (nSPS) is 16.7. The number of phenols is 1. The van der Waals surface area contributed by atoms with Crippen molar-refractivity contribution >= 4 is 5.97 Å². The quantitative estimate of drug-likeness (QED) is 0.802. The van der Waals surface area contributed by atoms with E-state index in [-0.39, 0.29) is 17.8 Å². The van der Waals surface area contributed by atoms with Gasteiger partial charge in [0.2, 0.25) is 0 Å². The molecule has 1 saturated carbocycles. The van der Waals surface area contributed by atoms with E-state index < -0.39 is 6.10 Å². The Kier molecular flexibility index (Phi) is 4.80. The summed E-state index contributed by atoms with van der Waals surface area (Å²) in [7, 11) is 0. The molecule has 4 nitrogen and oxygen atoms in total. The summed E-state index contributed by atoms with van der Waals surface area (Å²) in [5, 5.41) is 9.45. The standard InChI is InChI=1S/C15H20O4/c1-2-18-15(17)14(19-13-7-4-8-13)10-11-5-3-6-12(16)9-11/h3,5-6,9,13-14,16H,2,4,7-8,10H2,1H3. The van der Waals surface area contributed by atoms with Crippen molar-refractivity contribution in [3.63, 3.8) is 0 Å². The number of hydrogen-bond donors (Lipinski definition) is 1. The Morgan fingerprint density at radius 3 is 2.84 bits per heavy atom. The fourth-order valence-corrected chi connectivity index (χ4v) is 2.06. The second-order valence-electron chi connectivity index (χ2n) is 4.80. The summed E-state index contributed by atoms with van der Waals surface area (Å²) in [5.74, 6) is -0.124. The van der Waals surface area contributed by atoms with Gasteiger partial charge in [-0.25, -0.2) is 4.79 Å². The first kappa shape index (κ1) is 13.9. The monoisotopic (exact) mass is 264 g/mol. The number of carbonyl (C=O) groups is 1. The molecule has 1 atom stereocenters. The van der Waals surface area contributed by atoms with E-state index in [1.165, 1.54) is 0 Å². The Bertz CT molecular complexity index is 426. The molecule has 1 unspecified atom stereocenters. The van der Waals surface area contributed by atoms with E-state index in [2.05, 4.69) is 0 Å². The van der Waals surface area contributed by atoms with Crippen LogP contribution in [0.15, 0.2) is 24.3 Å². The second kappa shape index (κ2) is 6.57. The van der Waals surface area contributed by atoms with Crippen LogP contribution in [-0.4, -0.2) is 29.9 Å². The van der Waals surface area contributed by atoms with Gasteiger partial charge in [-0.15, -0.1) is 0 Å². The van der Waals surface area contributed by atoms with Crippen molar-refractivity contribution in [2.75, 3.05) is 6.61 Å². The van der Waals surface area contributed by atoms with E-state index in [1.54, 1.807) is 25.1 Å². The number of aromatic hydroxyl groups is 1. The van der Waals surface area contributed by atoms with Crippen LogP contribution in [-0.2, 0) is 20.7 Å². The van der Waals surface area contributed by atoms with Crippen molar-refractivity contribution in [1.29, 1.82) is 0 Å². The zero-order valence-corrected chi connectivity index (χ0v) is 11.2. The van der Waals surface area contributed by atoms with Crippen molar-refractivity contribution in [2.45, 2.75) is 44.8 Å². The maximum atomic E-state index is 11.9. The number of hydrogen-bond acceptors (Lipinski definition) is 4. The van der Waals surface area contributed by atoms with Crippen molar-refractivity contribution in [1.82, 2.24) is 0 Å². The fraction of sp³-hybridized carbons (Fsp3) is 0.533. The molecule has 0 aliphatic heterocycles. The van der Waals surface area contributed by atoms with Crippen molar-refractivity contribution < 1.29 is 19.4 Å². The van der Waals surface area contributed by atoms with Gasteiger partial charge in [0.25, 0.3) is 0 Å². The van der Waals surface area contributed by atoms with Crippen molar-refractivity contribution in [2.24, 2.45) is 0 Å². The number of ether oxygens (including phenoxy) is 2. The number of esters is 1. The number of phenolic OH excluding ortho intramolecular Hbond substituents is 1. The van der Waals surface area contributed by atoms with E-state index in [4.69, 9.17) is 9.47 Å². The maximum absolute atomic E-state index is 11.9. The van der Waals surface area contributed by atoms with Gasteiger partial charge < -0.3 is 14.6 Å². The van der Waals surface area contributed by atoms with Crippen LogP contribution in [0.4, 0.5) is 0 Å². The first-order chi connectivity index (χ1) is 9.19. The lowest BCUT2D eigenvalue weighted by Crippen LogP contribution is -2.35. The summed E-state index contributed by atoms with van der Waals surface area (Å²) in [5.41, 5.74) is 0.873. The topological polar surface area (TPSA) is 55.8 Å². The van der Waals surface area contributed by atoms with Gasteiger partial charge in [0, 0.05) is 6.42 Å². The van der Waals surface area contributed by atoms with Crippen LogP contribution in [0.3, 0.4) is 0 Å². The van der Waals surface area contributed by atoms with Gasteiger partial charge in [-0.05, 0) is 43.9 Å². The van der Waals surface area contributed by atoms with Gasteiger partial charge in [0.05, 0.1) is 12.7 Å². The Hall–Kier alpha value is -1.55. The van der Waals surface area contributed by atoms with Gasteiger partial charge in [0.1, 0.15) is 5.75 Å². The molecule has 1 fully saturated rings. The Labute approximate surface area is 113 Å². The molecule has 1 N–H and O–H groups in total. The molecular weight excluding hydrogens is 244 g/mol. The lowest BCUT2D eigenvalue weighted by atomic mass is 9.95. The van der Waals surface area contributed by atoms with Crippen LogP contribution in [0.1, 0.15) is 31.7 Å². The SMILES string of the molecule is CCOC(=O)C(Cc1cccc(O)c1)OC1CCC1. The van der Waals surface area contributed by atoms with E-state index in [0.717, 1.165) is 24.8 Å². The summed E-state index contributed by atoms with van der Waals surface area (Å²) in [6, 6.07) is 6.89. The highest BCUT2D eigenvalue weighted by Gasteiger charge is 2.28. The molecule has 104 valence electrons. The van der Waals surface area contributed by atoms with Crippen LogP contribution in [0.5, 0.6) is 5.75 Å². The zero-order valence-electron chi connectivity index (χ0n) is 11.2. The Morgan fingerprint density at radius 2 is 2.26 bits per heavy atom. The van der Waals surface area contributed by atoms with E-state index in [1.807, 2.05) is 6.07 Å². The average molecular weight is 264 g/mol. The highest BCUT2D eigenvalue weighted by Crippen LogP contribution is 2.25. The molecule has 0 spiro atoms. The first-order valence-electron chi connectivity index (χ1n) is 6.79. The van der Waals surface area contributed by atoms with Gasteiger partial charge >= 0.3 is 5.97 Å². The first-order valence-corrected chi connectivity index (χ1v) is 6.79. The minimum atomic E-state index is -0.577. The average Bonchev–Trinajstić information content (AvgIpc) is 2.32. The van der Waals surface area contributed by atoms with E-state index >= 15 is 0 Å². The van der Waals surface area contributed by atoms with Crippen LogP contribution in [0.2, 0.25) is 0 Å². The van der Waals surface area contributed by atoms with Crippen molar-refractivity contribution in [3.8, 4) is 5.75 Å². The Balaban J connectivity index is 2.01. The molecule has 1 aliphatic rings. The predicted molar refractivity (Wildman–Crippen MR) is 71.0 cm³/mol. The molecule has 0 radical (unpaired) electrons. The number of benzene rings is 1. The molecule has 1 aromatic rings. The number of carbonyl (C=O) groups excluding carboxylic acids is 1. The van der Waals surface area contributed by atoms with Crippen LogP contribution < -0.4 is 0 Å². The van der Waals surface area contributed by atoms with Crippen molar-refractivity contribution in [3.05, 3.63) is 29.8 Å². The lowest BCUT2D eigenvalue weighted by Gasteiger charge is -2.29. The maximum Gasteiger partial charge on any atom is 0.335 e.